The second kappa shape index (κ2) is 12.6. The molecule has 0 aromatic heterocycles. The minimum absolute atomic E-state index is 0.112. The first-order valence-corrected chi connectivity index (χ1v) is 12.7. The van der Waals surface area contributed by atoms with Crippen molar-refractivity contribution in [3.8, 4) is 0 Å². The summed E-state index contributed by atoms with van der Waals surface area (Å²) >= 11 is 6.06. The molecule has 4 rings (SSSR count). The van der Waals surface area contributed by atoms with Crippen LogP contribution in [0.15, 0.2) is 72.8 Å². The van der Waals surface area contributed by atoms with Gasteiger partial charge < -0.3 is 14.4 Å². The topological polar surface area (TPSA) is 59.1 Å². The van der Waals surface area contributed by atoms with Crippen molar-refractivity contribution in [2.45, 2.75) is 18.9 Å². The number of ether oxygens (including phenoxy) is 2. The Balaban J connectivity index is 1.37. The first kappa shape index (κ1) is 28.6. The molecule has 6 nitrogen and oxygen atoms in total. The zero-order valence-corrected chi connectivity index (χ0v) is 22.0. The Labute approximate surface area is 229 Å². The van der Waals surface area contributed by atoms with Gasteiger partial charge in [-0.25, -0.2) is 4.79 Å². The Hall–Kier alpha value is -3.40. The number of methoxy groups -OCH3 is 1. The van der Waals surface area contributed by atoms with Crippen molar-refractivity contribution in [1.29, 1.82) is 0 Å². The second-order valence-electron chi connectivity index (χ2n) is 9.21. The zero-order chi connectivity index (χ0) is 28.0. The fourth-order valence-corrected chi connectivity index (χ4v) is 4.46. The van der Waals surface area contributed by atoms with E-state index in [0.717, 1.165) is 17.7 Å². The van der Waals surface area contributed by atoms with Crippen molar-refractivity contribution < 1.29 is 32.2 Å². The summed E-state index contributed by atoms with van der Waals surface area (Å²) in [6.45, 7) is 2.97. The Morgan fingerprint density at radius 1 is 0.872 bits per heavy atom. The standard InChI is InChI=1S/C29H28ClF3N2O4/c1-38-28(37)23-6-4-22(5-7-23)27(36)35-16-14-34(15-17-35)18-26(21-8-12-25(30)13-9-21)39-19-20-2-10-24(11-3-20)29(31,32)33/h2-13,26H,14-19H2,1H3/t26-/m0/s1. The number of nitrogens with zero attached hydrogens (tertiary/aromatic N) is 2. The van der Waals surface area contributed by atoms with Crippen LogP contribution in [0.5, 0.6) is 0 Å². The van der Waals surface area contributed by atoms with Gasteiger partial charge >= 0.3 is 12.1 Å². The first-order valence-electron chi connectivity index (χ1n) is 12.4. The van der Waals surface area contributed by atoms with Gasteiger partial charge in [0.1, 0.15) is 0 Å². The quantitative estimate of drug-likeness (QED) is 0.323. The molecule has 0 unspecified atom stereocenters. The highest BCUT2D eigenvalue weighted by molar-refractivity contribution is 6.30. The number of esters is 1. The summed E-state index contributed by atoms with van der Waals surface area (Å²) in [6, 6.07) is 18.6. The average Bonchev–Trinajstić information content (AvgIpc) is 2.95. The maximum atomic E-state index is 13.0. The number of rotatable bonds is 8. The summed E-state index contributed by atoms with van der Waals surface area (Å²) in [4.78, 5) is 28.6. The number of carbonyl (C=O) groups is 2. The summed E-state index contributed by atoms with van der Waals surface area (Å²) in [5.74, 6) is -0.572. The van der Waals surface area contributed by atoms with Gasteiger partial charge in [0.15, 0.2) is 0 Å². The van der Waals surface area contributed by atoms with Crippen LogP contribution < -0.4 is 0 Å². The van der Waals surface area contributed by atoms with Crippen molar-refractivity contribution in [2.24, 2.45) is 0 Å². The third kappa shape index (κ3) is 7.59. The number of halogens is 4. The lowest BCUT2D eigenvalue weighted by Crippen LogP contribution is -2.49. The normalized spacial score (nSPS) is 15.2. The van der Waals surface area contributed by atoms with Crippen LogP contribution in [-0.2, 0) is 22.3 Å². The zero-order valence-electron chi connectivity index (χ0n) is 21.3. The van der Waals surface area contributed by atoms with Crippen LogP contribution in [0, 0.1) is 0 Å². The van der Waals surface area contributed by atoms with E-state index >= 15 is 0 Å². The Morgan fingerprint density at radius 2 is 1.46 bits per heavy atom. The molecule has 0 spiro atoms. The van der Waals surface area contributed by atoms with Crippen LogP contribution in [-0.4, -0.2) is 61.5 Å². The minimum Gasteiger partial charge on any atom is -0.465 e. The molecule has 3 aromatic rings. The molecule has 0 aliphatic carbocycles. The predicted molar refractivity (Wildman–Crippen MR) is 141 cm³/mol. The van der Waals surface area contributed by atoms with Gasteiger partial charge in [0.2, 0.25) is 0 Å². The van der Waals surface area contributed by atoms with Crippen LogP contribution in [0.3, 0.4) is 0 Å². The van der Waals surface area contributed by atoms with E-state index in [2.05, 4.69) is 4.90 Å². The van der Waals surface area contributed by atoms with Gasteiger partial charge in [-0.1, -0.05) is 35.9 Å². The summed E-state index contributed by atoms with van der Waals surface area (Å²) in [5.41, 5.74) is 1.71. The van der Waals surface area contributed by atoms with Crippen LogP contribution in [0.1, 0.15) is 43.5 Å². The van der Waals surface area contributed by atoms with Crippen LogP contribution in [0.25, 0.3) is 0 Å². The Morgan fingerprint density at radius 3 is 2.03 bits per heavy atom. The molecule has 0 bridgehead atoms. The number of hydrogen-bond acceptors (Lipinski definition) is 5. The van der Waals surface area contributed by atoms with Gasteiger partial charge in [-0.2, -0.15) is 13.2 Å². The number of benzene rings is 3. The lowest BCUT2D eigenvalue weighted by atomic mass is 10.1. The lowest BCUT2D eigenvalue weighted by molar-refractivity contribution is -0.137. The molecule has 1 aliphatic rings. The SMILES string of the molecule is COC(=O)c1ccc(C(=O)N2CCN(C[C@H](OCc3ccc(C(F)(F)F)cc3)c3ccc(Cl)cc3)CC2)cc1. The number of hydrogen-bond donors (Lipinski definition) is 0. The molecule has 10 heteroatoms. The van der Waals surface area contributed by atoms with E-state index in [0.29, 0.717) is 54.4 Å². The van der Waals surface area contributed by atoms with Crippen molar-refractivity contribution in [2.75, 3.05) is 39.8 Å². The average molecular weight is 561 g/mol. The molecule has 39 heavy (non-hydrogen) atoms. The largest absolute Gasteiger partial charge is 0.465 e. The van der Waals surface area contributed by atoms with Gasteiger partial charge in [-0.15, -0.1) is 0 Å². The predicted octanol–water partition coefficient (Wildman–Crippen LogP) is 5.86. The molecular formula is C29H28ClF3N2O4. The minimum atomic E-state index is -4.39. The summed E-state index contributed by atoms with van der Waals surface area (Å²) < 4.78 is 49.6. The van der Waals surface area contributed by atoms with Crippen molar-refractivity contribution >= 4 is 23.5 Å². The van der Waals surface area contributed by atoms with Gasteiger partial charge in [0.25, 0.3) is 5.91 Å². The van der Waals surface area contributed by atoms with Gasteiger partial charge in [0, 0.05) is 43.3 Å². The van der Waals surface area contributed by atoms with Crippen molar-refractivity contribution in [3.05, 3.63) is 106 Å². The van der Waals surface area contributed by atoms with E-state index in [4.69, 9.17) is 21.1 Å². The fourth-order valence-electron chi connectivity index (χ4n) is 4.34. The smallest absolute Gasteiger partial charge is 0.416 e. The fraction of sp³-hybridized carbons (Fsp3) is 0.310. The van der Waals surface area contributed by atoms with E-state index in [-0.39, 0.29) is 18.6 Å². The van der Waals surface area contributed by atoms with Crippen LogP contribution in [0.4, 0.5) is 13.2 Å². The molecule has 0 radical (unpaired) electrons. The van der Waals surface area contributed by atoms with Gasteiger partial charge in [0.05, 0.1) is 30.9 Å². The third-order valence-corrected chi connectivity index (χ3v) is 6.86. The number of piperazine rings is 1. The second-order valence-corrected chi connectivity index (χ2v) is 9.64. The summed E-state index contributed by atoms with van der Waals surface area (Å²) in [6.07, 6.45) is -4.74. The highest BCUT2D eigenvalue weighted by Crippen LogP contribution is 2.30. The number of carbonyl (C=O) groups excluding carboxylic acids is 2. The van der Waals surface area contributed by atoms with Gasteiger partial charge in [-0.05, 0) is 59.7 Å². The molecule has 3 aromatic carbocycles. The Bertz CT molecular complexity index is 1260. The molecule has 1 amide bonds. The van der Waals surface area contributed by atoms with E-state index in [9.17, 15) is 22.8 Å². The molecule has 1 aliphatic heterocycles. The third-order valence-electron chi connectivity index (χ3n) is 6.61. The molecule has 1 atom stereocenters. The molecule has 1 fully saturated rings. The van der Waals surface area contributed by atoms with Crippen LogP contribution in [0.2, 0.25) is 5.02 Å². The van der Waals surface area contributed by atoms with E-state index < -0.39 is 17.7 Å². The number of amides is 1. The molecular weight excluding hydrogens is 533 g/mol. The van der Waals surface area contributed by atoms with Crippen molar-refractivity contribution in [3.63, 3.8) is 0 Å². The van der Waals surface area contributed by atoms with Crippen molar-refractivity contribution in [1.82, 2.24) is 9.80 Å². The molecule has 0 N–H and O–H groups in total. The molecule has 206 valence electrons. The molecule has 0 saturated carbocycles. The van der Waals surface area contributed by atoms with Gasteiger partial charge in [-0.3, -0.25) is 9.69 Å². The summed E-state index contributed by atoms with van der Waals surface area (Å²) in [7, 11) is 1.30. The van der Waals surface area contributed by atoms with E-state index in [1.54, 1.807) is 41.3 Å². The highest BCUT2D eigenvalue weighted by atomic mass is 35.5. The molecule has 1 heterocycles. The Kier molecular flexibility index (Phi) is 9.27. The highest BCUT2D eigenvalue weighted by Gasteiger charge is 2.30. The summed E-state index contributed by atoms with van der Waals surface area (Å²) in [5, 5.41) is 0.590. The maximum absolute atomic E-state index is 13.0. The maximum Gasteiger partial charge on any atom is 0.416 e. The van der Waals surface area contributed by atoms with Crippen LogP contribution >= 0.6 is 11.6 Å². The van der Waals surface area contributed by atoms with E-state index in [1.807, 2.05) is 12.1 Å². The molecule has 1 saturated heterocycles. The number of alkyl halides is 3. The van der Waals surface area contributed by atoms with E-state index in [1.165, 1.54) is 19.2 Å². The lowest BCUT2D eigenvalue weighted by Gasteiger charge is -2.36. The monoisotopic (exact) mass is 560 g/mol. The first-order chi connectivity index (χ1) is 18.6.